The summed E-state index contributed by atoms with van der Waals surface area (Å²) in [5, 5.41) is 13.2. The number of hydrogen-bond donors (Lipinski definition) is 1. The van der Waals surface area contributed by atoms with Crippen LogP contribution in [-0.2, 0) is 6.54 Å². The predicted molar refractivity (Wildman–Crippen MR) is 98.2 cm³/mol. The number of alkyl halides is 3. The monoisotopic (exact) mass is 421 g/mol. The van der Waals surface area contributed by atoms with Gasteiger partial charge in [-0.3, -0.25) is 4.99 Å². The normalized spacial score (nSPS) is 13.3. The van der Waals surface area contributed by atoms with Crippen LogP contribution in [0.15, 0.2) is 58.4 Å². The Morgan fingerprint density at radius 3 is 2.55 bits per heavy atom. The van der Waals surface area contributed by atoms with E-state index < -0.39 is 17.3 Å². The Bertz CT molecular complexity index is 1150. The first-order valence-corrected chi connectivity index (χ1v) is 9.07. The highest BCUT2D eigenvalue weighted by molar-refractivity contribution is 8.00. The molecule has 1 aliphatic rings. The second kappa shape index (κ2) is 7.03. The fourth-order valence-corrected chi connectivity index (χ4v) is 3.64. The molecule has 10 heteroatoms. The molecule has 0 aliphatic carbocycles. The average molecular weight is 421 g/mol. The fraction of sp³-hybridized carbons (Fsp3) is 0.105. The van der Waals surface area contributed by atoms with Gasteiger partial charge in [-0.25, -0.2) is 13.9 Å². The molecule has 0 radical (unpaired) electrons. The van der Waals surface area contributed by atoms with Crippen LogP contribution >= 0.6 is 11.8 Å². The van der Waals surface area contributed by atoms with Crippen molar-refractivity contribution in [1.29, 1.82) is 0 Å². The van der Waals surface area contributed by atoms with Crippen molar-refractivity contribution in [2.75, 3.05) is 0 Å². The van der Waals surface area contributed by atoms with E-state index >= 15 is 0 Å². The van der Waals surface area contributed by atoms with Crippen molar-refractivity contribution in [3.63, 3.8) is 0 Å². The molecule has 0 unspecified atom stereocenters. The van der Waals surface area contributed by atoms with Gasteiger partial charge in [0.2, 0.25) is 0 Å². The molecule has 0 fully saturated rings. The highest BCUT2D eigenvalue weighted by Gasteiger charge is 2.31. The molecular formula is C19H11F4N3O2S. The van der Waals surface area contributed by atoms with Crippen LogP contribution in [-0.4, -0.2) is 32.1 Å². The average Bonchev–Trinajstić information content (AvgIpc) is 3.01. The van der Waals surface area contributed by atoms with Gasteiger partial charge in [0.25, 0.3) is 0 Å². The maximum Gasteiger partial charge on any atom is 0.446 e. The standard InChI is InChI=1S/C19H11F4N3O2S/c20-14-4-2-1-3-12(14)17-13-8-11(29-19(21,22)23)5-6-16(13)26-10(9-24-17)7-15(25-26)18(27)28/h1-8H,9H2,(H,27,28). The smallest absolute Gasteiger partial charge is 0.446 e. The molecule has 0 saturated heterocycles. The third kappa shape index (κ3) is 3.75. The van der Waals surface area contributed by atoms with Gasteiger partial charge >= 0.3 is 11.5 Å². The number of carboxylic acids is 1. The molecule has 0 bridgehead atoms. The Morgan fingerprint density at radius 1 is 1.10 bits per heavy atom. The third-order valence-electron chi connectivity index (χ3n) is 4.22. The first kappa shape index (κ1) is 19.2. The van der Waals surface area contributed by atoms with Crippen molar-refractivity contribution in [3.8, 4) is 5.69 Å². The molecule has 2 heterocycles. The Balaban J connectivity index is 1.94. The zero-order chi connectivity index (χ0) is 20.8. The number of hydrogen-bond acceptors (Lipinski definition) is 4. The molecule has 0 spiro atoms. The van der Waals surface area contributed by atoms with Crippen LogP contribution in [0.25, 0.3) is 5.69 Å². The van der Waals surface area contributed by atoms with Crippen LogP contribution in [0.1, 0.15) is 27.3 Å². The van der Waals surface area contributed by atoms with Crippen molar-refractivity contribution in [1.82, 2.24) is 9.78 Å². The number of carbonyl (C=O) groups is 1. The van der Waals surface area contributed by atoms with Gasteiger partial charge in [0.1, 0.15) is 5.82 Å². The van der Waals surface area contributed by atoms with Crippen molar-refractivity contribution >= 4 is 23.4 Å². The lowest BCUT2D eigenvalue weighted by Crippen LogP contribution is -2.11. The van der Waals surface area contributed by atoms with Crippen molar-refractivity contribution in [2.45, 2.75) is 16.9 Å². The zero-order valence-corrected chi connectivity index (χ0v) is 15.3. The summed E-state index contributed by atoms with van der Waals surface area (Å²) in [6.07, 6.45) is 0. The summed E-state index contributed by atoms with van der Waals surface area (Å²) in [5.74, 6) is -1.81. The van der Waals surface area contributed by atoms with Gasteiger partial charge in [-0.05, 0) is 48.2 Å². The summed E-state index contributed by atoms with van der Waals surface area (Å²) in [4.78, 5) is 15.5. The van der Waals surface area contributed by atoms with Gasteiger partial charge in [0.15, 0.2) is 5.69 Å². The van der Waals surface area contributed by atoms with E-state index in [-0.39, 0.29) is 45.7 Å². The number of fused-ring (bicyclic) bond motifs is 3. The number of thioether (sulfide) groups is 1. The Kier molecular flexibility index (Phi) is 4.65. The molecule has 148 valence electrons. The topological polar surface area (TPSA) is 67.5 Å². The molecule has 29 heavy (non-hydrogen) atoms. The van der Waals surface area contributed by atoms with Gasteiger partial charge in [0.05, 0.1) is 23.6 Å². The van der Waals surface area contributed by atoms with Crippen molar-refractivity contribution in [2.24, 2.45) is 4.99 Å². The SMILES string of the molecule is O=C(O)c1cc2n(n1)-c1ccc(SC(F)(F)F)cc1C(c1ccccc1F)=NC2. The predicted octanol–water partition coefficient (Wildman–Crippen LogP) is 4.67. The lowest BCUT2D eigenvalue weighted by atomic mass is 10.00. The van der Waals surface area contributed by atoms with Gasteiger partial charge < -0.3 is 5.11 Å². The molecule has 1 N–H and O–H groups in total. The number of carboxylic acid groups (broad SMARTS) is 1. The van der Waals surface area contributed by atoms with E-state index in [1.165, 1.54) is 47.1 Å². The maximum absolute atomic E-state index is 14.4. The van der Waals surface area contributed by atoms with E-state index in [9.17, 15) is 27.5 Å². The molecule has 0 saturated carbocycles. The summed E-state index contributed by atoms with van der Waals surface area (Å²) in [5.41, 5.74) is -3.45. The second-order valence-corrected chi connectivity index (χ2v) is 7.25. The molecule has 1 aliphatic heterocycles. The number of rotatable bonds is 3. The minimum atomic E-state index is -4.50. The summed E-state index contributed by atoms with van der Waals surface area (Å²) in [7, 11) is 0. The zero-order valence-electron chi connectivity index (χ0n) is 14.4. The summed E-state index contributed by atoms with van der Waals surface area (Å²) in [6.45, 7) is -0.0135. The molecule has 2 aromatic carbocycles. The molecule has 0 amide bonds. The van der Waals surface area contributed by atoms with Crippen LogP contribution in [0.5, 0.6) is 0 Å². The van der Waals surface area contributed by atoms with E-state index in [4.69, 9.17) is 0 Å². The van der Waals surface area contributed by atoms with Gasteiger partial charge in [-0.2, -0.15) is 18.3 Å². The molecule has 3 aromatic rings. The first-order chi connectivity index (χ1) is 13.7. The Labute approximate surface area is 165 Å². The molecule has 0 atom stereocenters. The lowest BCUT2D eigenvalue weighted by Gasteiger charge is -2.14. The van der Waals surface area contributed by atoms with Gasteiger partial charge in [-0.15, -0.1) is 0 Å². The number of nitrogens with zero attached hydrogens (tertiary/aromatic N) is 3. The number of aromatic carboxylic acids is 1. The van der Waals surface area contributed by atoms with E-state index in [1.54, 1.807) is 6.07 Å². The number of aliphatic imine (C=N–C) groups is 1. The van der Waals surface area contributed by atoms with Crippen LogP contribution in [0, 0.1) is 5.82 Å². The second-order valence-electron chi connectivity index (χ2n) is 6.11. The molecule has 1 aromatic heterocycles. The first-order valence-electron chi connectivity index (χ1n) is 8.25. The number of benzene rings is 2. The van der Waals surface area contributed by atoms with Crippen LogP contribution in [0.3, 0.4) is 0 Å². The Morgan fingerprint density at radius 2 is 1.86 bits per heavy atom. The summed E-state index contributed by atoms with van der Waals surface area (Å²) < 4.78 is 54.3. The minimum Gasteiger partial charge on any atom is -0.476 e. The molecular weight excluding hydrogens is 410 g/mol. The van der Waals surface area contributed by atoms with Crippen LogP contribution in [0.2, 0.25) is 0 Å². The van der Waals surface area contributed by atoms with Crippen molar-refractivity contribution < 1.29 is 27.5 Å². The highest BCUT2D eigenvalue weighted by atomic mass is 32.2. The van der Waals surface area contributed by atoms with E-state index in [2.05, 4.69) is 10.1 Å². The largest absolute Gasteiger partial charge is 0.476 e. The van der Waals surface area contributed by atoms with Crippen LogP contribution < -0.4 is 0 Å². The summed E-state index contributed by atoms with van der Waals surface area (Å²) >= 11 is -0.299. The van der Waals surface area contributed by atoms with E-state index in [1.807, 2.05) is 0 Å². The lowest BCUT2D eigenvalue weighted by molar-refractivity contribution is -0.0328. The number of halogens is 4. The van der Waals surface area contributed by atoms with E-state index in [0.717, 1.165) is 0 Å². The molecule has 5 nitrogen and oxygen atoms in total. The quantitative estimate of drug-likeness (QED) is 0.493. The van der Waals surface area contributed by atoms with E-state index in [0.29, 0.717) is 11.4 Å². The highest BCUT2D eigenvalue weighted by Crippen LogP contribution is 2.39. The summed E-state index contributed by atoms with van der Waals surface area (Å²) in [6, 6.07) is 11.1. The maximum atomic E-state index is 14.4. The third-order valence-corrected chi connectivity index (χ3v) is 4.94. The molecule has 4 rings (SSSR count). The van der Waals surface area contributed by atoms with Crippen LogP contribution in [0.4, 0.5) is 17.6 Å². The van der Waals surface area contributed by atoms with Crippen molar-refractivity contribution in [3.05, 3.63) is 76.9 Å². The number of aromatic nitrogens is 2. The minimum absolute atomic E-state index is 0.0135. The Hall–Kier alpha value is -3.14. The fourth-order valence-electron chi connectivity index (χ4n) is 3.06. The van der Waals surface area contributed by atoms with Gasteiger partial charge in [-0.1, -0.05) is 12.1 Å². The van der Waals surface area contributed by atoms with Gasteiger partial charge in [0, 0.05) is 16.0 Å².